The number of hydrogen-bond acceptors (Lipinski definition) is 1. The van der Waals surface area contributed by atoms with Crippen molar-refractivity contribution in [2.45, 2.75) is 11.8 Å². The molecule has 0 bridgehead atoms. The van der Waals surface area contributed by atoms with Gasteiger partial charge in [0, 0.05) is 12.0 Å². The molecule has 3 heteroatoms. The highest BCUT2D eigenvalue weighted by Gasteiger charge is 2.58. The van der Waals surface area contributed by atoms with Gasteiger partial charge in [-0.15, -0.1) is 0 Å². The first-order chi connectivity index (χ1) is 6.72. The molecule has 1 N–H and O–H groups in total. The molecule has 0 radical (unpaired) electrons. The predicted octanol–water partition coefficient (Wildman–Crippen LogP) is 2.34. The fraction of sp³-hybridized carbons (Fsp3) is 0.455. The first-order valence-corrected chi connectivity index (χ1v) is 5.26. The van der Waals surface area contributed by atoms with Gasteiger partial charge in [0.15, 0.2) is 0 Å². The van der Waals surface area contributed by atoms with E-state index in [-0.39, 0.29) is 16.3 Å². The highest BCUT2D eigenvalue weighted by atomic mass is 35.5. The van der Waals surface area contributed by atoms with Gasteiger partial charge >= 0.3 is 0 Å². The fourth-order valence-corrected chi connectivity index (χ4v) is 2.71. The third kappa shape index (κ3) is 1.04. The van der Waals surface area contributed by atoms with Crippen molar-refractivity contribution in [2.24, 2.45) is 5.92 Å². The van der Waals surface area contributed by atoms with Crippen molar-refractivity contribution in [2.75, 3.05) is 13.1 Å². The topological polar surface area (TPSA) is 12.0 Å². The third-order valence-corrected chi connectivity index (χ3v) is 3.86. The molecule has 1 aromatic carbocycles. The Bertz CT molecular complexity index is 393. The van der Waals surface area contributed by atoms with Crippen LogP contribution in [0.5, 0.6) is 0 Å². The van der Waals surface area contributed by atoms with Gasteiger partial charge in [0.05, 0.1) is 5.02 Å². The first-order valence-electron chi connectivity index (χ1n) is 4.89. The lowest BCUT2D eigenvalue weighted by Crippen LogP contribution is -2.19. The second-order valence-electron chi connectivity index (χ2n) is 4.32. The monoisotopic (exact) mass is 211 g/mol. The molecule has 3 rings (SSSR count). The number of rotatable bonds is 1. The van der Waals surface area contributed by atoms with Crippen LogP contribution in [0.3, 0.4) is 0 Å². The van der Waals surface area contributed by atoms with Crippen LogP contribution >= 0.6 is 11.6 Å². The van der Waals surface area contributed by atoms with E-state index < -0.39 is 0 Å². The van der Waals surface area contributed by atoms with Crippen LogP contribution in [0.1, 0.15) is 12.0 Å². The van der Waals surface area contributed by atoms with Gasteiger partial charge in [-0.25, -0.2) is 4.39 Å². The Labute approximate surface area is 87.3 Å². The first kappa shape index (κ1) is 8.69. The van der Waals surface area contributed by atoms with E-state index in [0.29, 0.717) is 5.92 Å². The van der Waals surface area contributed by atoms with Gasteiger partial charge in [0.2, 0.25) is 0 Å². The number of piperidine rings is 1. The number of fused-ring (bicyclic) bond motifs is 1. The molecular formula is C11H11ClFN. The summed E-state index contributed by atoms with van der Waals surface area (Å²) < 4.78 is 13.3. The highest BCUT2D eigenvalue weighted by molar-refractivity contribution is 6.30. The molecule has 1 saturated carbocycles. The minimum Gasteiger partial charge on any atom is -0.316 e. The van der Waals surface area contributed by atoms with Crippen molar-refractivity contribution in [3.8, 4) is 0 Å². The quantitative estimate of drug-likeness (QED) is 0.752. The normalized spacial score (nSPS) is 34.3. The van der Waals surface area contributed by atoms with E-state index in [4.69, 9.17) is 11.6 Å². The van der Waals surface area contributed by atoms with Crippen molar-refractivity contribution >= 4 is 11.6 Å². The van der Waals surface area contributed by atoms with E-state index in [1.54, 1.807) is 12.1 Å². The summed E-state index contributed by atoms with van der Waals surface area (Å²) in [5.41, 5.74) is 1.33. The van der Waals surface area contributed by atoms with Gasteiger partial charge in [-0.05, 0) is 36.6 Å². The molecule has 1 aliphatic carbocycles. The zero-order valence-electron chi connectivity index (χ0n) is 7.69. The number of halogens is 2. The minimum absolute atomic E-state index is 0.216. The van der Waals surface area contributed by atoms with Gasteiger partial charge in [0.1, 0.15) is 5.82 Å². The Hall–Kier alpha value is -0.600. The second-order valence-corrected chi connectivity index (χ2v) is 4.72. The van der Waals surface area contributed by atoms with E-state index in [9.17, 15) is 4.39 Å². The number of nitrogens with one attached hydrogen (secondary N) is 1. The predicted molar refractivity (Wildman–Crippen MR) is 54.1 cm³/mol. The Kier molecular flexibility index (Phi) is 1.68. The molecule has 2 aliphatic rings. The Morgan fingerprint density at radius 2 is 2.36 bits per heavy atom. The molecule has 1 heterocycles. The van der Waals surface area contributed by atoms with E-state index in [1.807, 2.05) is 6.07 Å². The molecule has 2 atom stereocenters. The smallest absolute Gasteiger partial charge is 0.142 e. The summed E-state index contributed by atoms with van der Waals surface area (Å²) in [6, 6.07) is 5.21. The SMILES string of the molecule is Fc1cc([C@]23CNCC2C3)ccc1Cl. The molecule has 1 aromatic rings. The summed E-state index contributed by atoms with van der Waals surface area (Å²) in [6.07, 6.45) is 1.20. The van der Waals surface area contributed by atoms with Gasteiger partial charge in [-0.2, -0.15) is 0 Å². The molecule has 0 aromatic heterocycles. The van der Waals surface area contributed by atoms with Crippen LogP contribution in [0.25, 0.3) is 0 Å². The van der Waals surface area contributed by atoms with Crippen molar-refractivity contribution in [3.05, 3.63) is 34.6 Å². The molecule has 2 fully saturated rings. The van der Waals surface area contributed by atoms with Crippen LogP contribution in [0.15, 0.2) is 18.2 Å². The van der Waals surface area contributed by atoms with Crippen LogP contribution in [0.4, 0.5) is 4.39 Å². The minimum atomic E-state index is -0.295. The number of hydrogen-bond donors (Lipinski definition) is 1. The second kappa shape index (κ2) is 2.71. The van der Waals surface area contributed by atoms with Gasteiger partial charge in [0.25, 0.3) is 0 Å². The Balaban J connectivity index is 2.01. The lowest BCUT2D eigenvalue weighted by molar-refractivity contribution is 0.614. The lowest BCUT2D eigenvalue weighted by atomic mass is 9.95. The van der Waals surface area contributed by atoms with Crippen molar-refractivity contribution in [1.29, 1.82) is 0 Å². The van der Waals surface area contributed by atoms with Crippen LogP contribution in [0.2, 0.25) is 5.02 Å². The van der Waals surface area contributed by atoms with E-state index >= 15 is 0 Å². The zero-order valence-corrected chi connectivity index (χ0v) is 8.44. The van der Waals surface area contributed by atoms with E-state index in [0.717, 1.165) is 18.7 Å². The molecule has 1 nitrogen and oxygen atoms in total. The molecule has 14 heavy (non-hydrogen) atoms. The molecule has 1 aliphatic heterocycles. The largest absolute Gasteiger partial charge is 0.316 e. The summed E-state index contributed by atoms with van der Waals surface area (Å²) in [7, 11) is 0. The van der Waals surface area contributed by atoms with Gasteiger partial charge in [-0.3, -0.25) is 0 Å². The average Bonchev–Trinajstić information content (AvgIpc) is 2.75. The summed E-state index contributed by atoms with van der Waals surface area (Å²) >= 11 is 5.66. The van der Waals surface area contributed by atoms with E-state index in [2.05, 4.69) is 5.32 Å². The Morgan fingerprint density at radius 3 is 2.93 bits per heavy atom. The molecule has 1 unspecified atom stereocenters. The third-order valence-electron chi connectivity index (χ3n) is 3.56. The van der Waals surface area contributed by atoms with Crippen LogP contribution < -0.4 is 5.32 Å². The molecule has 74 valence electrons. The van der Waals surface area contributed by atoms with Gasteiger partial charge in [-0.1, -0.05) is 17.7 Å². The fourth-order valence-electron chi connectivity index (χ4n) is 2.60. The van der Waals surface area contributed by atoms with Crippen molar-refractivity contribution in [3.63, 3.8) is 0 Å². The van der Waals surface area contributed by atoms with Crippen molar-refractivity contribution < 1.29 is 4.39 Å². The number of benzene rings is 1. The molecule has 0 spiro atoms. The van der Waals surface area contributed by atoms with Crippen LogP contribution in [0, 0.1) is 11.7 Å². The summed E-state index contributed by atoms with van der Waals surface area (Å²) in [4.78, 5) is 0. The van der Waals surface area contributed by atoms with Gasteiger partial charge < -0.3 is 5.32 Å². The standard InChI is InChI=1S/C11H11ClFN/c12-9-2-1-7(3-10(9)13)11-4-8(11)5-14-6-11/h1-3,8,14H,4-6H2/t8?,11-/m0/s1. The molecular weight excluding hydrogens is 201 g/mol. The lowest BCUT2D eigenvalue weighted by Gasteiger charge is -2.12. The maximum absolute atomic E-state index is 13.3. The Morgan fingerprint density at radius 1 is 1.50 bits per heavy atom. The molecule has 1 saturated heterocycles. The van der Waals surface area contributed by atoms with Crippen LogP contribution in [-0.2, 0) is 5.41 Å². The average molecular weight is 212 g/mol. The van der Waals surface area contributed by atoms with Crippen molar-refractivity contribution in [1.82, 2.24) is 5.32 Å². The summed E-state index contributed by atoms with van der Waals surface area (Å²) in [6.45, 7) is 2.06. The summed E-state index contributed by atoms with van der Waals surface area (Å²) in [5, 5.41) is 3.56. The zero-order chi connectivity index (χ0) is 9.76. The molecule has 0 amide bonds. The van der Waals surface area contributed by atoms with Crippen LogP contribution in [-0.4, -0.2) is 13.1 Å². The van der Waals surface area contributed by atoms with E-state index in [1.165, 1.54) is 6.42 Å². The highest BCUT2D eigenvalue weighted by Crippen LogP contribution is 2.56. The maximum Gasteiger partial charge on any atom is 0.142 e. The summed E-state index contributed by atoms with van der Waals surface area (Å²) in [5.74, 6) is 0.416. The maximum atomic E-state index is 13.3.